The molecule has 1 saturated carbocycles. The first-order chi connectivity index (χ1) is 21.5. The largest absolute Gasteiger partial charge is 0.380 e. The maximum absolute atomic E-state index is 14.7. The van der Waals surface area contributed by atoms with Gasteiger partial charge in [-0.2, -0.15) is 0 Å². The molecule has 0 unspecified atom stereocenters. The fourth-order valence-corrected chi connectivity index (χ4v) is 8.71. The normalized spacial score (nSPS) is 26.1. The van der Waals surface area contributed by atoms with Crippen LogP contribution in [0.25, 0.3) is 22.3 Å². The fraction of sp³-hybridized carbons (Fsp3) is 0.600. The van der Waals surface area contributed by atoms with E-state index < -0.39 is 5.41 Å². The second kappa shape index (κ2) is 10.5. The third-order valence-electron chi connectivity index (χ3n) is 11.4. The number of ether oxygens (including phenoxy) is 1. The van der Waals surface area contributed by atoms with Gasteiger partial charge in [-0.25, -0.2) is 9.97 Å². The number of anilines is 1. The van der Waals surface area contributed by atoms with E-state index in [1.807, 2.05) is 21.9 Å². The molecule has 0 radical (unpaired) electrons. The summed E-state index contributed by atoms with van der Waals surface area (Å²) in [6.07, 6.45) is 6.33. The monoisotopic (exact) mass is 630 g/mol. The summed E-state index contributed by atoms with van der Waals surface area (Å²) in [5.74, 6) is 0.342. The average molecular weight is 631 g/mol. The van der Waals surface area contributed by atoms with E-state index in [1.165, 1.54) is 6.42 Å². The lowest BCUT2D eigenvalue weighted by molar-refractivity contribution is -0.152. The van der Waals surface area contributed by atoms with Crippen LogP contribution in [0.3, 0.4) is 0 Å². The number of hydrogen-bond acceptors (Lipinski definition) is 6. The van der Waals surface area contributed by atoms with Crippen LogP contribution >= 0.6 is 11.6 Å². The van der Waals surface area contributed by atoms with Gasteiger partial charge < -0.3 is 19.1 Å². The highest BCUT2D eigenvalue weighted by Crippen LogP contribution is 2.52. The first-order valence-corrected chi connectivity index (χ1v) is 17.0. The van der Waals surface area contributed by atoms with Crippen LogP contribution in [0.4, 0.5) is 5.69 Å². The Morgan fingerprint density at radius 2 is 1.80 bits per heavy atom. The molecule has 45 heavy (non-hydrogen) atoms. The average Bonchev–Trinajstić information content (AvgIpc) is 3.61. The minimum atomic E-state index is -0.605. The zero-order valence-electron chi connectivity index (χ0n) is 26.8. The Morgan fingerprint density at radius 3 is 2.44 bits per heavy atom. The van der Waals surface area contributed by atoms with E-state index in [9.17, 15) is 9.59 Å². The molecule has 0 bridgehead atoms. The van der Waals surface area contributed by atoms with E-state index in [-0.39, 0.29) is 29.8 Å². The molecule has 3 saturated heterocycles. The van der Waals surface area contributed by atoms with Gasteiger partial charge in [0.1, 0.15) is 5.52 Å². The van der Waals surface area contributed by atoms with Crippen molar-refractivity contribution in [2.75, 3.05) is 44.3 Å². The number of benzene rings is 1. The quantitative estimate of drug-likeness (QED) is 0.349. The number of piperidine rings is 1. The highest BCUT2D eigenvalue weighted by Gasteiger charge is 2.56. The van der Waals surface area contributed by atoms with Crippen LogP contribution in [-0.4, -0.2) is 87.6 Å². The van der Waals surface area contributed by atoms with Crippen molar-refractivity contribution in [3.8, 4) is 11.3 Å². The molecule has 0 atom stereocenters. The number of amides is 2. The predicted octanol–water partition coefficient (Wildman–Crippen LogP) is 5.45. The van der Waals surface area contributed by atoms with Gasteiger partial charge in [0.05, 0.1) is 42.1 Å². The van der Waals surface area contributed by atoms with Crippen molar-refractivity contribution in [1.82, 2.24) is 24.3 Å². The number of rotatable bonds is 5. The molecule has 9 nitrogen and oxygen atoms in total. The summed E-state index contributed by atoms with van der Waals surface area (Å²) in [5, 5.41) is 0.433. The molecule has 1 spiro atoms. The predicted molar refractivity (Wildman–Crippen MR) is 174 cm³/mol. The molecule has 1 aliphatic carbocycles. The molecule has 6 heterocycles. The third kappa shape index (κ3) is 4.63. The lowest BCUT2D eigenvalue weighted by Crippen LogP contribution is -2.58. The minimum absolute atomic E-state index is 0.0317. The summed E-state index contributed by atoms with van der Waals surface area (Å²) in [4.78, 5) is 43.9. The van der Waals surface area contributed by atoms with E-state index in [2.05, 4.69) is 60.7 Å². The maximum Gasteiger partial charge on any atom is 0.238 e. The summed E-state index contributed by atoms with van der Waals surface area (Å²) in [6, 6.07) is 9.30. The number of likely N-dealkylation sites (tertiary alicyclic amines) is 2. The molecule has 8 rings (SSSR count). The van der Waals surface area contributed by atoms with Crippen LogP contribution < -0.4 is 4.90 Å². The molecule has 5 aliphatic rings. The molecule has 1 aromatic carbocycles. The summed E-state index contributed by atoms with van der Waals surface area (Å²) >= 11 is 6.76. The molecular formula is C35H43ClN6O3. The number of carbonyl (C=O) groups is 2. The number of carbonyl (C=O) groups excluding carboxylic acids is 2. The van der Waals surface area contributed by atoms with Crippen molar-refractivity contribution in [3.63, 3.8) is 0 Å². The number of fused-ring (bicyclic) bond motifs is 3. The van der Waals surface area contributed by atoms with E-state index in [0.29, 0.717) is 55.8 Å². The highest BCUT2D eigenvalue weighted by molar-refractivity contribution is 6.34. The molecule has 238 valence electrons. The number of aromatic nitrogens is 3. The molecule has 3 aromatic rings. The zero-order chi connectivity index (χ0) is 31.2. The van der Waals surface area contributed by atoms with Crippen molar-refractivity contribution in [1.29, 1.82) is 0 Å². The maximum atomic E-state index is 14.7. The van der Waals surface area contributed by atoms with Crippen LogP contribution in [0.5, 0.6) is 0 Å². The van der Waals surface area contributed by atoms with Crippen LogP contribution in [0.15, 0.2) is 30.6 Å². The Morgan fingerprint density at radius 1 is 1.04 bits per heavy atom. The van der Waals surface area contributed by atoms with Crippen LogP contribution in [0.1, 0.15) is 71.4 Å². The van der Waals surface area contributed by atoms with Crippen molar-refractivity contribution >= 4 is 40.1 Å². The molecule has 2 amide bonds. The summed E-state index contributed by atoms with van der Waals surface area (Å²) < 4.78 is 7.33. The lowest BCUT2D eigenvalue weighted by Gasteiger charge is -2.47. The Hall–Kier alpha value is -3.01. The summed E-state index contributed by atoms with van der Waals surface area (Å²) in [7, 11) is 0. The fourth-order valence-electron chi connectivity index (χ4n) is 8.43. The van der Waals surface area contributed by atoms with Gasteiger partial charge >= 0.3 is 0 Å². The Bertz CT molecular complexity index is 1680. The van der Waals surface area contributed by atoms with E-state index in [1.54, 1.807) is 0 Å². The highest BCUT2D eigenvalue weighted by atomic mass is 35.5. The number of pyridine rings is 1. The van der Waals surface area contributed by atoms with Crippen LogP contribution in [-0.2, 0) is 19.7 Å². The van der Waals surface area contributed by atoms with Crippen molar-refractivity contribution in [2.45, 2.75) is 83.3 Å². The van der Waals surface area contributed by atoms with Gasteiger partial charge in [-0.1, -0.05) is 37.6 Å². The van der Waals surface area contributed by atoms with E-state index >= 15 is 0 Å². The Labute approximate surface area is 269 Å². The first-order valence-electron chi connectivity index (χ1n) is 16.7. The van der Waals surface area contributed by atoms with Gasteiger partial charge in [0.15, 0.2) is 5.15 Å². The number of imidazole rings is 1. The SMILES string of the molecule is CC(C)n1cnc2cc(-c3ccc4c(c3)N([C@H]3C[C@@H](N5CCC(C)(C)C5)C3)C(=O)C43CCN(C(=O)C4COC4)CC3)nc(Cl)c21. The van der Waals surface area contributed by atoms with Crippen LogP contribution in [0, 0.1) is 11.3 Å². The number of hydrogen-bond donors (Lipinski definition) is 0. The number of halogens is 1. The van der Waals surface area contributed by atoms with Crippen molar-refractivity contribution in [3.05, 3.63) is 41.3 Å². The van der Waals surface area contributed by atoms with Gasteiger partial charge in [0, 0.05) is 49.0 Å². The van der Waals surface area contributed by atoms with Gasteiger partial charge in [-0.3, -0.25) is 14.5 Å². The van der Waals surface area contributed by atoms with Crippen molar-refractivity contribution < 1.29 is 14.3 Å². The van der Waals surface area contributed by atoms with E-state index in [4.69, 9.17) is 21.3 Å². The summed E-state index contributed by atoms with van der Waals surface area (Å²) in [6.45, 7) is 13.4. The van der Waals surface area contributed by atoms with Gasteiger partial charge in [-0.15, -0.1) is 0 Å². The van der Waals surface area contributed by atoms with E-state index in [0.717, 1.165) is 59.5 Å². The molecule has 2 aromatic heterocycles. The second-order valence-corrected chi connectivity index (χ2v) is 15.5. The molecule has 4 aliphatic heterocycles. The molecule has 10 heteroatoms. The topological polar surface area (TPSA) is 83.8 Å². The number of nitrogens with zero attached hydrogens (tertiary/aromatic N) is 6. The molecule has 4 fully saturated rings. The zero-order valence-corrected chi connectivity index (χ0v) is 27.5. The minimum Gasteiger partial charge on any atom is -0.380 e. The lowest BCUT2D eigenvalue weighted by atomic mass is 9.73. The van der Waals surface area contributed by atoms with Gasteiger partial charge in [0.25, 0.3) is 0 Å². The summed E-state index contributed by atoms with van der Waals surface area (Å²) in [5.41, 5.74) is 5.19. The van der Waals surface area contributed by atoms with Gasteiger partial charge in [-0.05, 0) is 75.6 Å². The smallest absolute Gasteiger partial charge is 0.238 e. The van der Waals surface area contributed by atoms with Crippen molar-refractivity contribution in [2.24, 2.45) is 11.3 Å². The first kappa shape index (κ1) is 29.4. The molecule has 0 N–H and O–H groups in total. The van der Waals surface area contributed by atoms with Crippen LogP contribution in [0.2, 0.25) is 5.15 Å². The Balaban J connectivity index is 1.12. The standard InChI is InChI=1S/C35H43ClN6O3/c1-21(2)41-20-37-28-16-27(38-31(36)30(28)41)22-5-6-26-29(13-22)42(25-14-24(15-25)40-10-7-34(3,4)19-40)33(44)35(26)8-11-39(12-9-35)32(43)23-17-45-18-23/h5-6,13,16,20-21,23-25H,7-12,14-15,17-19H2,1-4H3/t24-,25+. The molecular weight excluding hydrogens is 588 g/mol. The third-order valence-corrected chi connectivity index (χ3v) is 11.6. The second-order valence-electron chi connectivity index (χ2n) is 15.1. The van der Waals surface area contributed by atoms with Gasteiger partial charge in [0.2, 0.25) is 11.8 Å². The Kier molecular flexibility index (Phi) is 6.86.